The Kier molecular flexibility index (Phi) is 7.00. The van der Waals surface area contributed by atoms with Crippen molar-refractivity contribution in [3.8, 4) is 11.5 Å². The lowest BCUT2D eigenvalue weighted by atomic mass is 9.97. The van der Waals surface area contributed by atoms with Gasteiger partial charge >= 0.3 is 0 Å². The molecule has 0 saturated carbocycles. The molecule has 0 aliphatic heterocycles. The van der Waals surface area contributed by atoms with Crippen molar-refractivity contribution in [1.82, 2.24) is 0 Å². The largest absolute Gasteiger partial charge is 0.493 e. The van der Waals surface area contributed by atoms with Crippen LogP contribution in [0.3, 0.4) is 0 Å². The summed E-state index contributed by atoms with van der Waals surface area (Å²) < 4.78 is 10.6. The van der Waals surface area contributed by atoms with Crippen molar-refractivity contribution in [1.29, 1.82) is 0 Å². The fourth-order valence-corrected chi connectivity index (χ4v) is 1.84. The van der Waals surface area contributed by atoms with Crippen LogP contribution in [-0.2, 0) is 0 Å². The van der Waals surface area contributed by atoms with Gasteiger partial charge in [0.15, 0.2) is 11.5 Å². The van der Waals surface area contributed by atoms with Gasteiger partial charge in [-0.25, -0.2) is 0 Å². The number of hydrogen-bond acceptors (Lipinski definition) is 3. The summed E-state index contributed by atoms with van der Waals surface area (Å²) in [5.41, 5.74) is 7.17. The van der Waals surface area contributed by atoms with E-state index in [2.05, 4.69) is 13.8 Å². The molecule has 3 nitrogen and oxygen atoms in total. The maximum absolute atomic E-state index is 6.16. The lowest BCUT2D eigenvalue weighted by Crippen LogP contribution is -2.14. The van der Waals surface area contributed by atoms with E-state index in [-0.39, 0.29) is 18.4 Å². The Morgan fingerprint density at radius 3 is 2.29 bits per heavy atom. The Bertz CT molecular complexity index is 342. The first-order chi connectivity index (χ1) is 7.60. The van der Waals surface area contributed by atoms with E-state index < -0.39 is 0 Å². The molecule has 0 heterocycles. The molecule has 2 N–H and O–H groups in total. The number of ether oxygens (including phenoxy) is 2. The standard InChI is InChI=1S/C13H21NO2.ClH/c1-9(2)8-11(14)10-6-5-7-12(15-3)13(10)16-4;/h5-7,9,11H,8,14H2,1-4H3;1H/t11-;/m0./s1. The minimum absolute atomic E-state index is 0. The number of halogens is 1. The summed E-state index contributed by atoms with van der Waals surface area (Å²) in [7, 11) is 3.28. The first-order valence-corrected chi connectivity index (χ1v) is 5.56. The summed E-state index contributed by atoms with van der Waals surface area (Å²) in [5.74, 6) is 2.04. The van der Waals surface area contributed by atoms with E-state index in [4.69, 9.17) is 15.2 Å². The van der Waals surface area contributed by atoms with Gasteiger partial charge in [0.2, 0.25) is 0 Å². The summed E-state index contributed by atoms with van der Waals surface area (Å²) in [6, 6.07) is 5.81. The van der Waals surface area contributed by atoms with Crippen LogP contribution >= 0.6 is 12.4 Å². The summed E-state index contributed by atoms with van der Waals surface area (Å²) in [6.45, 7) is 4.32. The van der Waals surface area contributed by atoms with Gasteiger partial charge in [0, 0.05) is 11.6 Å². The zero-order chi connectivity index (χ0) is 12.1. The predicted molar refractivity (Wildman–Crippen MR) is 73.2 cm³/mol. The number of nitrogens with two attached hydrogens (primary N) is 1. The molecule has 1 aromatic rings. The molecule has 0 unspecified atom stereocenters. The maximum atomic E-state index is 6.16. The second kappa shape index (κ2) is 7.41. The third-order valence-electron chi connectivity index (χ3n) is 2.56. The van der Waals surface area contributed by atoms with Crippen molar-refractivity contribution < 1.29 is 9.47 Å². The smallest absolute Gasteiger partial charge is 0.165 e. The van der Waals surface area contributed by atoms with Crippen LogP contribution in [0.1, 0.15) is 31.9 Å². The van der Waals surface area contributed by atoms with Crippen molar-refractivity contribution in [2.45, 2.75) is 26.3 Å². The summed E-state index contributed by atoms with van der Waals surface area (Å²) in [6.07, 6.45) is 0.934. The number of hydrogen-bond donors (Lipinski definition) is 1. The predicted octanol–water partition coefficient (Wildman–Crippen LogP) is 3.17. The summed E-state index contributed by atoms with van der Waals surface area (Å²) >= 11 is 0. The third-order valence-corrected chi connectivity index (χ3v) is 2.56. The van der Waals surface area contributed by atoms with E-state index in [0.717, 1.165) is 23.5 Å². The van der Waals surface area contributed by atoms with Gasteiger partial charge in [0.05, 0.1) is 14.2 Å². The van der Waals surface area contributed by atoms with Gasteiger partial charge < -0.3 is 15.2 Å². The number of rotatable bonds is 5. The monoisotopic (exact) mass is 259 g/mol. The molecule has 0 spiro atoms. The van der Waals surface area contributed by atoms with Crippen molar-refractivity contribution >= 4 is 12.4 Å². The normalized spacial score (nSPS) is 11.9. The molecule has 0 aliphatic rings. The quantitative estimate of drug-likeness (QED) is 0.883. The second-order valence-electron chi connectivity index (χ2n) is 4.32. The lowest BCUT2D eigenvalue weighted by Gasteiger charge is -2.19. The van der Waals surface area contributed by atoms with Gasteiger partial charge in [-0.3, -0.25) is 0 Å². The van der Waals surface area contributed by atoms with E-state index in [1.807, 2.05) is 18.2 Å². The van der Waals surface area contributed by atoms with E-state index in [9.17, 15) is 0 Å². The molecule has 0 fully saturated rings. The third kappa shape index (κ3) is 4.10. The molecule has 98 valence electrons. The van der Waals surface area contributed by atoms with E-state index in [1.165, 1.54) is 0 Å². The molecule has 1 aromatic carbocycles. The van der Waals surface area contributed by atoms with Crippen molar-refractivity contribution in [2.75, 3.05) is 14.2 Å². The first-order valence-electron chi connectivity index (χ1n) is 5.56. The average molecular weight is 260 g/mol. The van der Waals surface area contributed by atoms with Gasteiger partial charge in [-0.05, 0) is 18.4 Å². The number of para-hydroxylation sites is 1. The number of benzene rings is 1. The highest BCUT2D eigenvalue weighted by Gasteiger charge is 2.16. The fraction of sp³-hybridized carbons (Fsp3) is 0.538. The Labute approximate surface area is 110 Å². The van der Waals surface area contributed by atoms with E-state index in [1.54, 1.807) is 14.2 Å². The van der Waals surface area contributed by atoms with Gasteiger partial charge in [-0.1, -0.05) is 26.0 Å². The van der Waals surface area contributed by atoms with Gasteiger partial charge in [0.1, 0.15) is 0 Å². The first kappa shape index (κ1) is 16.1. The molecular formula is C13H22ClNO2. The molecule has 0 saturated heterocycles. The van der Waals surface area contributed by atoms with Crippen molar-refractivity contribution in [3.63, 3.8) is 0 Å². The van der Waals surface area contributed by atoms with Crippen LogP contribution in [0.25, 0.3) is 0 Å². The summed E-state index contributed by atoms with van der Waals surface area (Å²) in [4.78, 5) is 0. The van der Waals surface area contributed by atoms with Gasteiger partial charge in [0.25, 0.3) is 0 Å². The van der Waals surface area contributed by atoms with E-state index in [0.29, 0.717) is 5.92 Å². The molecule has 4 heteroatoms. The molecule has 1 atom stereocenters. The molecular weight excluding hydrogens is 238 g/mol. The van der Waals surface area contributed by atoms with Crippen LogP contribution in [0.5, 0.6) is 11.5 Å². The van der Waals surface area contributed by atoms with Crippen LogP contribution in [-0.4, -0.2) is 14.2 Å². The molecule has 0 bridgehead atoms. The van der Waals surface area contributed by atoms with Gasteiger partial charge in [-0.2, -0.15) is 0 Å². The Balaban J connectivity index is 0.00000256. The van der Waals surface area contributed by atoms with Crippen LogP contribution in [0, 0.1) is 5.92 Å². The topological polar surface area (TPSA) is 44.5 Å². The molecule has 0 radical (unpaired) electrons. The van der Waals surface area contributed by atoms with Crippen LogP contribution in [0.2, 0.25) is 0 Å². The molecule has 0 aromatic heterocycles. The molecule has 17 heavy (non-hydrogen) atoms. The lowest BCUT2D eigenvalue weighted by molar-refractivity contribution is 0.347. The fourth-order valence-electron chi connectivity index (χ4n) is 1.84. The van der Waals surface area contributed by atoms with Crippen LogP contribution in [0.15, 0.2) is 18.2 Å². The highest BCUT2D eigenvalue weighted by atomic mass is 35.5. The SMILES string of the molecule is COc1cccc([C@@H](N)CC(C)C)c1OC.Cl. The summed E-state index contributed by atoms with van der Waals surface area (Å²) in [5, 5.41) is 0. The molecule has 0 amide bonds. The Morgan fingerprint density at radius 1 is 1.18 bits per heavy atom. The van der Waals surface area contributed by atoms with Crippen molar-refractivity contribution in [3.05, 3.63) is 23.8 Å². The number of methoxy groups -OCH3 is 2. The highest BCUT2D eigenvalue weighted by Crippen LogP contribution is 2.35. The second-order valence-corrected chi connectivity index (χ2v) is 4.32. The zero-order valence-electron chi connectivity index (χ0n) is 10.9. The van der Waals surface area contributed by atoms with Crippen LogP contribution < -0.4 is 15.2 Å². The Morgan fingerprint density at radius 2 is 1.82 bits per heavy atom. The maximum Gasteiger partial charge on any atom is 0.165 e. The highest BCUT2D eigenvalue weighted by molar-refractivity contribution is 5.85. The minimum atomic E-state index is -0.00921. The van der Waals surface area contributed by atoms with Crippen LogP contribution in [0.4, 0.5) is 0 Å². The van der Waals surface area contributed by atoms with Crippen molar-refractivity contribution in [2.24, 2.45) is 11.7 Å². The van der Waals surface area contributed by atoms with E-state index >= 15 is 0 Å². The Hall–Kier alpha value is -0.930. The zero-order valence-corrected chi connectivity index (χ0v) is 11.7. The molecule has 0 aliphatic carbocycles. The van der Waals surface area contributed by atoms with Gasteiger partial charge in [-0.15, -0.1) is 12.4 Å². The minimum Gasteiger partial charge on any atom is -0.493 e. The average Bonchev–Trinajstić information content (AvgIpc) is 2.26. The molecule has 1 rings (SSSR count).